The number of benzene rings is 2. The van der Waals surface area contributed by atoms with E-state index in [1.807, 2.05) is 17.9 Å². The number of likely N-dealkylation sites (tertiary alicyclic amines) is 1. The van der Waals surface area contributed by atoms with Crippen LogP contribution in [0.15, 0.2) is 30.3 Å². The molecule has 0 aromatic heterocycles. The predicted octanol–water partition coefficient (Wildman–Crippen LogP) is 3.25. The van der Waals surface area contributed by atoms with Crippen LogP contribution in [-0.4, -0.2) is 56.5 Å². The number of aryl methyl sites for hydroxylation is 1. The van der Waals surface area contributed by atoms with Gasteiger partial charge in [0.15, 0.2) is 18.1 Å². The van der Waals surface area contributed by atoms with E-state index in [4.69, 9.17) is 19.9 Å². The first kappa shape index (κ1) is 25.9. The third kappa shape index (κ3) is 6.23. The summed E-state index contributed by atoms with van der Waals surface area (Å²) in [6, 6.07) is 8.28. The minimum absolute atomic E-state index is 0.0433. The lowest BCUT2D eigenvalue weighted by molar-refractivity contribution is -0.120. The summed E-state index contributed by atoms with van der Waals surface area (Å²) in [6.45, 7) is 7.25. The van der Waals surface area contributed by atoms with Gasteiger partial charge in [0.2, 0.25) is 5.75 Å². The molecule has 0 radical (unpaired) electrons. The summed E-state index contributed by atoms with van der Waals surface area (Å²) >= 11 is 0. The number of ether oxygens (including phenoxy) is 3. The number of hydrogen-bond acceptors (Lipinski definition) is 6. The van der Waals surface area contributed by atoms with E-state index < -0.39 is 11.8 Å². The Balaban J connectivity index is 1.84. The van der Waals surface area contributed by atoms with Crippen LogP contribution in [0.1, 0.15) is 46.5 Å². The standard InChI is InChI=1S/C26H33N3O6/c1-15-8-16(2)13-29(12-15)26(32)18-7-6-17(3)20(9-18)28-25(31)19-10-21(33-4)24(22(11-19)34-5)35-14-23(27)30/h6-7,9-11,15-16H,8,12-14H2,1-5H3,(H2,27,30)(H,28,31). The van der Waals surface area contributed by atoms with Gasteiger partial charge in [0, 0.05) is 29.9 Å². The van der Waals surface area contributed by atoms with Crippen LogP contribution >= 0.6 is 0 Å². The molecule has 3 N–H and O–H groups in total. The van der Waals surface area contributed by atoms with E-state index >= 15 is 0 Å². The number of hydrogen-bond donors (Lipinski definition) is 2. The summed E-state index contributed by atoms with van der Waals surface area (Å²) in [5.41, 5.74) is 7.28. The summed E-state index contributed by atoms with van der Waals surface area (Å²) < 4.78 is 16.1. The van der Waals surface area contributed by atoms with E-state index in [1.165, 1.54) is 26.4 Å². The first-order valence-corrected chi connectivity index (χ1v) is 11.5. The van der Waals surface area contributed by atoms with Crippen molar-refractivity contribution in [3.05, 3.63) is 47.0 Å². The van der Waals surface area contributed by atoms with Gasteiger partial charge >= 0.3 is 0 Å². The number of anilines is 1. The van der Waals surface area contributed by atoms with Gasteiger partial charge in [0.25, 0.3) is 17.7 Å². The van der Waals surface area contributed by atoms with E-state index in [0.29, 0.717) is 23.1 Å². The second-order valence-corrected chi connectivity index (χ2v) is 9.10. The summed E-state index contributed by atoms with van der Waals surface area (Å²) in [5.74, 6) is 0.372. The Morgan fingerprint density at radius 3 is 2.14 bits per heavy atom. The zero-order valence-electron chi connectivity index (χ0n) is 20.8. The Morgan fingerprint density at radius 1 is 1.00 bits per heavy atom. The molecule has 3 rings (SSSR count). The molecular formula is C26H33N3O6. The predicted molar refractivity (Wildman–Crippen MR) is 132 cm³/mol. The summed E-state index contributed by atoms with van der Waals surface area (Å²) in [4.78, 5) is 39.3. The Labute approximate surface area is 205 Å². The highest BCUT2D eigenvalue weighted by molar-refractivity contribution is 6.06. The third-order valence-corrected chi connectivity index (χ3v) is 5.97. The van der Waals surface area contributed by atoms with Gasteiger partial charge in [-0.15, -0.1) is 0 Å². The van der Waals surface area contributed by atoms with Crippen molar-refractivity contribution in [2.45, 2.75) is 27.2 Å². The number of carbonyl (C=O) groups excluding carboxylic acids is 3. The average Bonchev–Trinajstić information content (AvgIpc) is 2.82. The Morgan fingerprint density at radius 2 is 1.60 bits per heavy atom. The van der Waals surface area contributed by atoms with Gasteiger partial charge < -0.3 is 30.2 Å². The second kappa shape index (κ2) is 11.1. The summed E-state index contributed by atoms with van der Waals surface area (Å²) in [7, 11) is 2.82. The van der Waals surface area contributed by atoms with Crippen LogP contribution < -0.4 is 25.3 Å². The van der Waals surface area contributed by atoms with Gasteiger partial charge in [-0.2, -0.15) is 0 Å². The van der Waals surface area contributed by atoms with Crippen molar-refractivity contribution in [2.75, 3.05) is 39.2 Å². The van der Waals surface area contributed by atoms with Crippen molar-refractivity contribution in [1.82, 2.24) is 4.90 Å². The number of nitrogens with zero attached hydrogens (tertiary/aromatic N) is 1. The van der Waals surface area contributed by atoms with Crippen LogP contribution in [0.5, 0.6) is 17.2 Å². The molecule has 1 heterocycles. The van der Waals surface area contributed by atoms with Gasteiger partial charge in [0.05, 0.1) is 14.2 Å². The van der Waals surface area contributed by atoms with Crippen molar-refractivity contribution >= 4 is 23.4 Å². The molecule has 1 fully saturated rings. The first-order chi connectivity index (χ1) is 16.6. The number of rotatable bonds is 8. The van der Waals surface area contributed by atoms with Crippen molar-refractivity contribution in [1.29, 1.82) is 0 Å². The number of piperidine rings is 1. The van der Waals surface area contributed by atoms with Gasteiger partial charge in [0.1, 0.15) is 0 Å². The molecular weight excluding hydrogens is 450 g/mol. The quantitative estimate of drug-likeness (QED) is 0.595. The average molecular weight is 484 g/mol. The molecule has 1 saturated heterocycles. The molecule has 0 saturated carbocycles. The maximum Gasteiger partial charge on any atom is 0.255 e. The molecule has 3 amide bonds. The number of carbonyl (C=O) groups is 3. The van der Waals surface area contributed by atoms with Gasteiger partial charge in [-0.1, -0.05) is 19.9 Å². The first-order valence-electron chi connectivity index (χ1n) is 11.5. The van der Waals surface area contributed by atoms with E-state index in [0.717, 1.165) is 25.1 Å². The minimum atomic E-state index is -0.658. The Kier molecular flexibility index (Phi) is 8.22. The highest BCUT2D eigenvalue weighted by atomic mass is 16.5. The molecule has 1 aliphatic heterocycles. The van der Waals surface area contributed by atoms with Crippen LogP contribution in [0.2, 0.25) is 0 Å². The fourth-order valence-electron chi connectivity index (χ4n) is 4.39. The fourth-order valence-corrected chi connectivity index (χ4v) is 4.39. The van der Waals surface area contributed by atoms with E-state index in [-0.39, 0.29) is 35.3 Å². The molecule has 9 heteroatoms. The highest BCUT2D eigenvalue weighted by Crippen LogP contribution is 2.39. The fraction of sp³-hybridized carbons (Fsp3) is 0.423. The van der Waals surface area contributed by atoms with Crippen LogP contribution in [0, 0.1) is 18.8 Å². The van der Waals surface area contributed by atoms with E-state index in [9.17, 15) is 14.4 Å². The minimum Gasteiger partial charge on any atom is -0.493 e. The van der Waals surface area contributed by atoms with Gasteiger partial charge in [-0.3, -0.25) is 14.4 Å². The molecule has 9 nitrogen and oxygen atoms in total. The summed E-state index contributed by atoms with van der Waals surface area (Å²) in [6.07, 6.45) is 1.11. The number of primary amides is 1. The zero-order valence-corrected chi connectivity index (χ0v) is 20.8. The van der Waals surface area contributed by atoms with Crippen molar-refractivity contribution in [3.63, 3.8) is 0 Å². The molecule has 2 unspecified atom stereocenters. The van der Waals surface area contributed by atoms with Gasteiger partial charge in [-0.05, 0) is 55.0 Å². The Bertz CT molecular complexity index is 1080. The smallest absolute Gasteiger partial charge is 0.255 e. The van der Waals surface area contributed by atoms with Crippen LogP contribution in [0.4, 0.5) is 5.69 Å². The molecule has 2 aromatic rings. The Hall–Kier alpha value is -3.75. The number of nitrogens with one attached hydrogen (secondary N) is 1. The normalized spacial score (nSPS) is 17.5. The molecule has 2 atom stereocenters. The molecule has 35 heavy (non-hydrogen) atoms. The molecule has 2 aromatic carbocycles. The maximum atomic E-state index is 13.2. The molecule has 188 valence electrons. The van der Waals surface area contributed by atoms with Crippen LogP contribution in [0.25, 0.3) is 0 Å². The maximum absolute atomic E-state index is 13.2. The zero-order chi connectivity index (χ0) is 25.7. The second-order valence-electron chi connectivity index (χ2n) is 9.10. The SMILES string of the molecule is COc1cc(C(=O)Nc2cc(C(=O)N3CC(C)CC(C)C3)ccc2C)cc(OC)c1OCC(N)=O. The monoisotopic (exact) mass is 483 g/mol. The summed E-state index contributed by atoms with van der Waals surface area (Å²) in [5, 5.41) is 2.88. The van der Waals surface area contributed by atoms with E-state index in [2.05, 4.69) is 19.2 Å². The lowest BCUT2D eigenvalue weighted by Gasteiger charge is -2.35. The van der Waals surface area contributed by atoms with Crippen molar-refractivity contribution in [2.24, 2.45) is 17.6 Å². The topological polar surface area (TPSA) is 120 Å². The lowest BCUT2D eigenvalue weighted by atomic mass is 9.91. The van der Waals surface area contributed by atoms with Crippen molar-refractivity contribution in [3.8, 4) is 17.2 Å². The molecule has 0 aliphatic carbocycles. The number of methoxy groups -OCH3 is 2. The van der Waals surface area contributed by atoms with Crippen molar-refractivity contribution < 1.29 is 28.6 Å². The largest absolute Gasteiger partial charge is 0.493 e. The molecule has 1 aliphatic rings. The van der Waals surface area contributed by atoms with Crippen LogP contribution in [0.3, 0.4) is 0 Å². The van der Waals surface area contributed by atoms with Crippen LogP contribution in [-0.2, 0) is 4.79 Å². The number of amides is 3. The molecule has 0 bridgehead atoms. The van der Waals surface area contributed by atoms with Gasteiger partial charge in [-0.25, -0.2) is 0 Å². The third-order valence-electron chi connectivity index (χ3n) is 5.97. The highest BCUT2D eigenvalue weighted by Gasteiger charge is 2.26. The van der Waals surface area contributed by atoms with E-state index in [1.54, 1.807) is 12.1 Å². The number of nitrogens with two attached hydrogens (primary N) is 1. The lowest BCUT2D eigenvalue weighted by Crippen LogP contribution is -2.42. The molecule has 0 spiro atoms.